The molecule has 1 aliphatic heterocycles. The van der Waals surface area contributed by atoms with Crippen molar-refractivity contribution in [3.8, 4) is 0 Å². The Balaban J connectivity index is 2.86. The van der Waals surface area contributed by atoms with Crippen LogP contribution in [0.25, 0.3) is 0 Å². The van der Waals surface area contributed by atoms with Gasteiger partial charge in [0.1, 0.15) is 5.60 Å². The second-order valence-corrected chi connectivity index (χ2v) is 7.57. The van der Waals surface area contributed by atoms with Crippen molar-refractivity contribution < 1.29 is 9.53 Å². The minimum Gasteiger partial charge on any atom is -0.361 e. The van der Waals surface area contributed by atoms with Crippen LogP contribution in [0.5, 0.6) is 0 Å². The van der Waals surface area contributed by atoms with Crippen LogP contribution in [0.3, 0.4) is 0 Å². The Morgan fingerprint density at radius 1 is 1.16 bits per heavy atom. The highest BCUT2D eigenvalue weighted by atomic mass is 16.5. The Kier molecular flexibility index (Phi) is 4.84. The topological polar surface area (TPSA) is 29.5 Å². The maximum atomic E-state index is 12.5. The van der Waals surface area contributed by atoms with Gasteiger partial charge in [0.25, 0.3) is 0 Å². The van der Waals surface area contributed by atoms with Crippen LogP contribution in [0.1, 0.15) is 55.4 Å². The van der Waals surface area contributed by atoms with Crippen molar-refractivity contribution in [2.45, 2.75) is 72.6 Å². The summed E-state index contributed by atoms with van der Waals surface area (Å²) < 4.78 is 5.97. The molecule has 0 saturated carbocycles. The molecule has 0 bridgehead atoms. The molecule has 1 atom stereocenters. The molecule has 0 radical (unpaired) electrons. The molecule has 1 rings (SSSR count). The molecule has 1 heterocycles. The third kappa shape index (κ3) is 3.79. The fourth-order valence-corrected chi connectivity index (χ4v) is 3.02. The number of hydrogen-bond acceptors (Lipinski definition) is 3. The second-order valence-electron chi connectivity index (χ2n) is 7.57. The van der Waals surface area contributed by atoms with Crippen LogP contribution < -0.4 is 0 Å². The highest BCUT2D eigenvalue weighted by Gasteiger charge is 2.53. The predicted molar refractivity (Wildman–Crippen MR) is 79.3 cm³/mol. The first kappa shape index (κ1) is 16.6. The summed E-state index contributed by atoms with van der Waals surface area (Å²) in [5.41, 5.74) is -1.01. The molecule has 0 aliphatic carbocycles. The van der Waals surface area contributed by atoms with Gasteiger partial charge in [-0.05, 0) is 47.5 Å². The number of ether oxygens (including phenoxy) is 1. The lowest BCUT2D eigenvalue weighted by molar-refractivity contribution is -0.132. The van der Waals surface area contributed by atoms with Crippen LogP contribution in [0.4, 0.5) is 0 Å². The lowest BCUT2D eigenvalue weighted by atomic mass is 9.85. The van der Waals surface area contributed by atoms with Crippen LogP contribution in [0.2, 0.25) is 0 Å². The zero-order chi connectivity index (χ0) is 15.0. The molecular formula is C16H31NO2. The van der Waals surface area contributed by atoms with Gasteiger partial charge in [0.05, 0.1) is 11.5 Å². The molecule has 19 heavy (non-hydrogen) atoms. The molecule has 0 aromatic carbocycles. The summed E-state index contributed by atoms with van der Waals surface area (Å²) in [5, 5.41) is 0. The van der Waals surface area contributed by atoms with Crippen LogP contribution >= 0.6 is 0 Å². The van der Waals surface area contributed by atoms with Gasteiger partial charge in [-0.2, -0.15) is 0 Å². The minimum absolute atomic E-state index is 0.0383. The highest BCUT2D eigenvalue weighted by Crippen LogP contribution is 2.39. The molecule has 0 aromatic heterocycles. The summed E-state index contributed by atoms with van der Waals surface area (Å²) in [6.07, 6.45) is 0. The van der Waals surface area contributed by atoms with Gasteiger partial charge in [-0.15, -0.1) is 0 Å². The van der Waals surface area contributed by atoms with Gasteiger partial charge in [-0.1, -0.05) is 13.8 Å². The number of rotatable bonds is 5. The van der Waals surface area contributed by atoms with E-state index in [0.29, 0.717) is 12.0 Å². The summed E-state index contributed by atoms with van der Waals surface area (Å²) in [4.78, 5) is 14.9. The van der Waals surface area contributed by atoms with E-state index in [1.165, 1.54) is 0 Å². The summed E-state index contributed by atoms with van der Waals surface area (Å²) >= 11 is 0. The SMILES string of the molecule is CC(C)CN(CC1C(=O)C(C)(C)OC1(C)C)C(C)C. The Morgan fingerprint density at radius 3 is 2.00 bits per heavy atom. The maximum Gasteiger partial charge on any atom is 0.171 e. The molecule has 0 amide bonds. The monoisotopic (exact) mass is 269 g/mol. The summed E-state index contributed by atoms with van der Waals surface area (Å²) in [7, 11) is 0. The van der Waals surface area contributed by atoms with E-state index in [1.807, 2.05) is 27.7 Å². The van der Waals surface area contributed by atoms with Crippen LogP contribution in [0, 0.1) is 11.8 Å². The molecular weight excluding hydrogens is 238 g/mol. The van der Waals surface area contributed by atoms with Crippen LogP contribution in [-0.2, 0) is 9.53 Å². The zero-order valence-corrected chi connectivity index (χ0v) is 13.9. The molecule has 3 heteroatoms. The van der Waals surface area contributed by atoms with Crippen molar-refractivity contribution in [1.82, 2.24) is 4.90 Å². The standard InChI is InChI=1S/C16H31NO2/c1-11(2)9-17(12(3)4)10-13-14(18)16(7,8)19-15(13,5)6/h11-13H,9-10H2,1-8H3. The highest BCUT2D eigenvalue weighted by molar-refractivity contribution is 5.91. The second kappa shape index (κ2) is 5.53. The smallest absolute Gasteiger partial charge is 0.171 e. The maximum absolute atomic E-state index is 12.5. The summed E-state index contributed by atoms with van der Waals surface area (Å²) in [5.74, 6) is 0.812. The Morgan fingerprint density at radius 2 is 1.68 bits per heavy atom. The van der Waals surface area contributed by atoms with E-state index >= 15 is 0 Å². The molecule has 3 nitrogen and oxygen atoms in total. The van der Waals surface area contributed by atoms with E-state index in [1.54, 1.807) is 0 Å². The van der Waals surface area contributed by atoms with Gasteiger partial charge >= 0.3 is 0 Å². The molecule has 1 saturated heterocycles. The van der Waals surface area contributed by atoms with E-state index in [-0.39, 0.29) is 17.3 Å². The Hall–Kier alpha value is -0.410. The van der Waals surface area contributed by atoms with E-state index in [0.717, 1.165) is 13.1 Å². The Bertz CT molecular complexity index is 332. The van der Waals surface area contributed by atoms with Gasteiger partial charge in [0.15, 0.2) is 5.78 Å². The average Bonchev–Trinajstić information content (AvgIpc) is 2.34. The summed E-state index contributed by atoms with van der Waals surface area (Å²) in [6.45, 7) is 18.5. The fraction of sp³-hybridized carbons (Fsp3) is 0.938. The van der Waals surface area contributed by atoms with Crippen molar-refractivity contribution in [3.63, 3.8) is 0 Å². The number of carbonyl (C=O) groups excluding carboxylic acids is 1. The average molecular weight is 269 g/mol. The Labute approximate surface area is 118 Å². The first-order chi connectivity index (χ1) is 8.47. The van der Waals surface area contributed by atoms with Gasteiger partial charge < -0.3 is 4.74 Å². The van der Waals surface area contributed by atoms with Crippen molar-refractivity contribution in [2.24, 2.45) is 11.8 Å². The normalized spacial score (nSPS) is 25.8. The molecule has 0 N–H and O–H groups in total. The molecule has 1 aliphatic rings. The van der Waals surface area contributed by atoms with Crippen molar-refractivity contribution in [3.05, 3.63) is 0 Å². The van der Waals surface area contributed by atoms with Gasteiger partial charge in [-0.25, -0.2) is 0 Å². The lowest BCUT2D eigenvalue weighted by Gasteiger charge is -2.34. The third-order valence-corrected chi connectivity index (χ3v) is 4.01. The van der Waals surface area contributed by atoms with Crippen molar-refractivity contribution >= 4 is 5.78 Å². The van der Waals surface area contributed by atoms with E-state index < -0.39 is 5.60 Å². The quantitative estimate of drug-likeness (QED) is 0.768. The zero-order valence-electron chi connectivity index (χ0n) is 13.9. The van der Waals surface area contributed by atoms with Gasteiger partial charge in [-0.3, -0.25) is 9.69 Å². The van der Waals surface area contributed by atoms with Crippen molar-refractivity contribution in [2.75, 3.05) is 13.1 Å². The molecule has 0 aromatic rings. The first-order valence-electron chi connectivity index (χ1n) is 7.46. The van der Waals surface area contributed by atoms with E-state index in [4.69, 9.17) is 4.74 Å². The molecule has 1 fully saturated rings. The van der Waals surface area contributed by atoms with Gasteiger partial charge in [0.2, 0.25) is 0 Å². The number of ketones is 1. The number of hydrogen-bond donors (Lipinski definition) is 0. The fourth-order valence-electron chi connectivity index (χ4n) is 3.02. The first-order valence-corrected chi connectivity index (χ1v) is 7.46. The molecule has 1 unspecified atom stereocenters. The minimum atomic E-state index is -0.644. The predicted octanol–water partition coefficient (Wildman–Crippen LogP) is 3.13. The van der Waals surface area contributed by atoms with Crippen LogP contribution in [-0.4, -0.2) is 41.0 Å². The molecule has 112 valence electrons. The van der Waals surface area contributed by atoms with E-state index in [9.17, 15) is 4.79 Å². The third-order valence-electron chi connectivity index (χ3n) is 4.01. The largest absolute Gasteiger partial charge is 0.361 e. The van der Waals surface area contributed by atoms with Gasteiger partial charge in [0, 0.05) is 19.1 Å². The number of carbonyl (C=O) groups is 1. The number of nitrogens with zero attached hydrogens (tertiary/aromatic N) is 1. The van der Waals surface area contributed by atoms with Crippen LogP contribution in [0.15, 0.2) is 0 Å². The van der Waals surface area contributed by atoms with E-state index in [2.05, 4.69) is 32.6 Å². The summed E-state index contributed by atoms with van der Waals surface area (Å²) in [6, 6.07) is 0.453. The lowest BCUT2D eigenvalue weighted by Crippen LogP contribution is -2.45. The molecule has 0 spiro atoms. The van der Waals surface area contributed by atoms with Crippen molar-refractivity contribution in [1.29, 1.82) is 0 Å². The number of Topliss-reactive ketones (excluding diaryl/α,β-unsaturated/α-hetero) is 1.